The zero-order valence-corrected chi connectivity index (χ0v) is 18.0. The van der Waals surface area contributed by atoms with Gasteiger partial charge in [0.1, 0.15) is 0 Å². The van der Waals surface area contributed by atoms with E-state index in [4.69, 9.17) is 4.74 Å². The second-order valence-electron chi connectivity index (χ2n) is 8.65. The van der Waals surface area contributed by atoms with Gasteiger partial charge in [0.05, 0.1) is 42.6 Å². The van der Waals surface area contributed by atoms with Crippen LogP contribution in [-0.4, -0.2) is 55.8 Å². The van der Waals surface area contributed by atoms with Gasteiger partial charge < -0.3 is 19.9 Å². The first-order chi connectivity index (χ1) is 15.2. The van der Waals surface area contributed by atoms with E-state index in [1.807, 2.05) is 36.1 Å². The molecule has 1 N–H and O–H groups in total. The van der Waals surface area contributed by atoms with Crippen molar-refractivity contribution in [2.45, 2.75) is 31.5 Å². The summed E-state index contributed by atoms with van der Waals surface area (Å²) in [7, 11) is 0. The quantitative estimate of drug-likeness (QED) is 0.761. The molecule has 1 amide bonds. The Morgan fingerprint density at radius 2 is 1.81 bits per heavy atom. The Morgan fingerprint density at radius 3 is 2.50 bits per heavy atom. The summed E-state index contributed by atoms with van der Waals surface area (Å²) in [5, 5.41) is 3.08. The molecule has 3 heterocycles. The highest BCUT2D eigenvalue weighted by Gasteiger charge is 2.37. The van der Waals surface area contributed by atoms with Gasteiger partial charge in [-0.1, -0.05) is 12.1 Å². The van der Waals surface area contributed by atoms with Crippen LogP contribution in [0.4, 0.5) is 24.5 Å². The zero-order valence-electron chi connectivity index (χ0n) is 18.0. The first kappa shape index (κ1) is 22.4. The predicted molar refractivity (Wildman–Crippen MR) is 116 cm³/mol. The molecule has 4 rings (SSSR count). The van der Waals surface area contributed by atoms with Gasteiger partial charge in [0.2, 0.25) is 5.91 Å². The van der Waals surface area contributed by atoms with Crippen LogP contribution in [0.2, 0.25) is 0 Å². The maximum atomic E-state index is 13.0. The molecule has 0 bridgehead atoms. The average Bonchev–Trinajstić information content (AvgIpc) is 3.16. The molecule has 6 nitrogen and oxygen atoms in total. The van der Waals surface area contributed by atoms with Crippen molar-refractivity contribution in [1.82, 2.24) is 10.3 Å². The molecule has 1 atom stereocenters. The van der Waals surface area contributed by atoms with E-state index in [9.17, 15) is 18.0 Å². The molecule has 1 aromatic heterocycles. The van der Waals surface area contributed by atoms with E-state index in [0.29, 0.717) is 25.2 Å². The van der Waals surface area contributed by atoms with Crippen LogP contribution >= 0.6 is 0 Å². The van der Waals surface area contributed by atoms with Crippen molar-refractivity contribution >= 4 is 17.3 Å². The van der Waals surface area contributed by atoms with Crippen LogP contribution in [0.5, 0.6) is 0 Å². The number of carbonyl (C=O) groups is 1. The molecule has 0 saturated carbocycles. The number of hydrogen-bond acceptors (Lipinski definition) is 5. The summed E-state index contributed by atoms with van der Waals surface area (Å²) in [5.41, 5.74) is 1.16. The van der Waals surface area contributed by atoms with E-state index in [1.54, 1.807) is 0 Å². The average molecular weight is 448 g/mol. The van der Waals surface area contributed by atoms with Crippen LogP contribution in [0, 0.1) is 0 Å². The van der Waals surface area contributed by atoms with E-state index in [0.717, 1.165) is 49.8 Å². The van der Waals surface area contributed by atoms with Crippen molar-refractivity contribution in [3.8, 4) is 0 Å². The Kier molecular flexibility index (Phi) is 6.28. The fraction of sp³-hybridized carbons (Fsp3) is 0.478. The lowest BCUT2D eigenvalue weighted by Crippen LogP contribution is -2.48. The van der Waals surface area contributed by atoms with Crippen LogP contribution in [0.25, 0.3) is 0 Å². The smallest absolute Gasteiger partial charge is 0.378 e. The van der Waals surface area contributed by atoms with Gasteiger partial charge in [0.25, 0.3) is 0 Å². The van der Waals surface area contributed by atoms with E-state index >= 15 is 0 Å². The van der Waals surface area contributed by atoms with Gasteiger partial charge in [-0.2, -0.15) is 13.2 Å². The molecule has 2 saturated heterocycles. The molecule has 2 fully saturated rings. The lowest BCUT2D eigenvalue weighted by Gasteiger charge is -2.29. The Balaban J connectivity index is 1.33. The number of morpholine rings is 1. The number of pyridine rings is 1. The number of rotatable bonds is 5. The Labute approximate surface area is 185 Å². The fourth-order valence-electron chi connectivity index (χ4n) is 4.25. The van der Waals surface area contributed by atoms with Crippen LogP contribution in [-0.2, 0) is 22.1 Å². The molecule has 0 aliphatic carbocycles. The van der Waals surface area contributed by atoms with Crippen molar-refractivity contribution in [1.29, 1.82) is 0 Å². The van der Waals surface area contributed by atoms with Crippen molar-refractivity contribution in [2.75, 3.05) is 49.2 Å². The SMILES string of the molecule is CC1(NC(=O)Cc2ccc(N3CCOCC3)cc2)CCN(c2cncc(C(F)(F)F)c2)C1. The molecule has 2 aliphatic rings. The van der Waals surface area contributed by atoms with Crippen molar-refractivity contribution in [3.05, 3.63) is 53.9 Å². The first-order valence-electron chi connectivity index (χ1n) is 10.7. The second-order valence-corrected chi connectivity index (χ2v) is 8.65. The van der Waals surface area contributed by atoms with Crippen LogP contribution in [0.15, 0.2) is 42.7 Å². The Morgan fingerprint density at radius 1 is 1.09 bits per heavy atom. The van der Waals surface area contributed by atoms with Gasteiger partial charge in [-0.25, -0.2) is 0 Å². The van der Waals surface area contributed by atoms with E-state index in [2.05, 4.69) is 15.2 Å². The lowest BCUT2D eigenvalue weighted by molar-refractivity contribution is -0.137. The fourth-order valence-corrected chi connectivity index (χ4v) is 4.25. The topological polar surface area (TPSA) is 57.7 Å². The van der Waals surface area contributed by atoms with Crippen LogP contribution in [0.1, 0.15) is 24.5 Å². The number of alkyl halides is 3. The summed E-state index contributed by atoms with van der Waals surface area (Å²) in [6.45, 7) is 6.05. The summed E-state index contributed by atoms with van der Waals surface area (Å²) in [6, 6.07) is 9.07. The van der Waals surface area contributed by atoms with Crippen LogP contribution in [0.3, 0.4) is 0 Å². The summed E-state index contributed by atoms with van der Waals surface area (Å²) in [6.07, 6.45) is -1.28. The third-order valence-corrected chi connectivity index (χ3v) is 6.01. The number of benzene rings is 1. The molecule has 1 aromatic carbocycles. The Hall–Kier alpha value is -2.81. The van der Waals surface area contributed by atoms with Crippen molar-refractivity contribution < 1.29 is 22.7 Å². The zero-order chi connectivity index (χ0) is 22.8. The molecule has 2 aliphatic heterocycles. The molecule has 32 heavy (non-hydrogen) atoms. The lowest BCUT2D eigenvalue weighted by atomic mass is 10.0. The monoisotopic (exact) mass is 448 g/mol. The van der Waals surface area contributed by atoms with Gasteiger partial charge in [-0.05, 0) is 37.1 Å². The number of anilines is 2. The van der Waals surface area contributed by atoms with E-state index in [-0.39, 0.29) is 12.3 Å². The number of amides is 1. The number of nitrogens with one attached hydrogen (secondary N) is 1. The number of hydrogen-bond donors (Lipinski definition) is 1. The number of halogens is 3. The van der Waals surface area contributed by atoms with Gasteiger partial charge in [0.15, 0.2) is 0 Å². The standard InChI is InChI=1S/C23H27F3N4O2/c1-22(6-7-30(16-22)20-13-18(14-27-15-20)23(24,25)26)28-21(31)12-17-2-4-19(5-3-17)29-8-10-32-11-9-29/h2-5,13-15H,6-12,16H2,1H3,(H,28,31). The van der Waals surface area contributed by atoms with Crippen LogP contribution < -0.4 is 15.1 Å². The van der Waals surface area contributed by atoms with E-state index < -0.39 is 17.3 Å². The third-order valence-electron chi connectivity index (χ3n) is 6.01. The Bertz CT molecular complexity index is 945. The predicted octanol–water partition coefficient (Wildman–Crippen LogP) is 3.26. The highest BCUT2D eigenvalue weighted by molar-refractivity contribution is 5.79. The second kappa shape index (κ2) is 8.97. The molecule has 9 heteroatoms. The maximum Gasteiger partial charge on any atom is 0.417 e. The first-order valence-corrected chi connectivity index (χ1v) is 10.7. The van der Waals surface area contributed by atoms with Gasteiger partial charge in [0, 0.05) is 38.1 Å². The molecule has 2 aromatic rings. The van der Waals surface area contributed by atoms with E-state index in [1.165, 1.54) is 6.20 Å². The molecule has 172 valence electrons. The van der Waals surface area contributed by atoms with Gasteiger partial charge >= 0.3 is 6.18 Å². The molecule has 0 spiro atoms. The minimum absolute atomic E-state index is 0.101. The minimum Gasteiger partial charge on any atom is -0.378 e. The largest absolute Gasteiger partial charge is 0.417 e. The molecule has 0 radical (unpaired) electrons. The summed E-state index contributed by atoms with van der Waals surface area (Å²) in [5.74, 6) is -0.101. The number of nitrogens with zero attached hydrogens (tertiary/aromatic N) is 3. The highest BCUT2D eigenvalue weighted by atomic mass is 19.4. The maximum absolute atomic E-state index is 13.0. The highest BCUT2D eigenvalue weighted by Crippen LogP contribution is 2.33. The third kappa shape index (κ3) is 5.32. The molecular formula is C23H27F3N4O2. The summed E-state index contributed by atoms with van der Waals surface area (Å²) in [4.78, 5) is 20.5. The normalized spacial score (nSPS) is 21.6. The number of aromatic nitrogens is 1. The van der Waals surface area contributed by atoms with Crippen molar-refractivity contribution in [2.24, 2.45) is 0 Å². The summed E-state index contributed by atoms with van der Waals surface area (Å²) >= 11 is 0. The minimum atomic E-state index is -4.43. The molecular weight excluding hydrogens is 421 g/mol. The van der Waals surface area contributed by atoms with Gasteiger partial charge in [-0.3, -0.25) is 9.78 Å². The van der Waals surface area contributed by atoms with Crippen molar-refractivity contribution in [3.63, 3.8) is 0 Å². The summed E-state index contributed by atoms with van der Waals surface area (Å²) < 4.78 is 44.4. The molecule has 1 unspecified atom stereocenters. The van der Waals surface area contributed by atoms with Gasteiger partial charge in [-0.15, -0.1) is 0 Å². The number of carbonyl (C=O) groups excluding carboxylic acids is 1. The number of ether oxygens (including phenoxy) is 1.